The Morgan fingerprint density at radius 1 is 1.38 bits per heavy atom. The summed E-state index contributed by atoms with van der Waals surface area (Å²) in [7, 11) is 0. The van der Waals surface area contributed by atoms with Crippen LogP contribution in [0.5, 0.6) is 0 Å². The molecule has 2 rings (SSSR count). The van der Waals surface area contributed by atoms with E-state index < -0.39 is 0 Å². The minimum atomic E-state index is 0.105. The van der Waals surface area contributed by atoms with Crippen LogP contribution in [0.1, 0.15) is 31.4 Å². The molecule has 0 radical (unpaired) electrons. The molecule has 1 aliphatic rings. The number of hydrogen-bond acceptors (Lipinski definition) is 3. The molecule has 0 amide bonds. The Balaban J connectivity index is 1.99. The number of nitrogens with one attached hydrogen (secondary N) is 1. The fraction of sp³-hybridized carbons (Fsp3) is 0.538. The minimum Gasteiger partial charge on any atom is -0.394 e. The van der Waals surface area contributed by atoms with Gasteiger partial charge in [0.15, 0.2) is 0 Å². The average molecular weight is 237 g/mol. The summed E-state index contributed by atoms with van der Waals surface area (Å²) in [5.74, 6) is 1.10. The first-order chi connectivity index (χ1) is 7.83. The summed E-state index contributed by atoms with van der Waals surface area (Å²) in [6.07, 6.45) is 2.50. The monoisotopic (exact) mass is 237 g/mol. The molecule has 1 fully saturated rings. The van der Waals surface area contributed by atoms with E-state index in [0.717, 1.165) is 5.75 Å². The van der Waals surface area contributed by atoms with Gasteiger partial charge in [-0.25, -0.2) is 0 Å². The van der Waals surface area contributed by atoms with Gasteiger partial charge >= 0.3 is 0 Å². The summed E-state index contributed by atoms with van der Waals surface area (Å²) < 4.78 is 0. The Bertz CT molecular complexity index is 321. The molecule has 2 nitrogen and oxygen atoms in total. The molecule has 1 atom stereocenters. The molecule has 0 bridgehead atoms. The van der Waals surface area contributed by atoms with Crippen molar-refractivity contribution in [2.45, 2.75) is 36.7 Å². The van der Waals surface area contributed by atoms with Crippen LogP contribution in [0.4, 0.5) is 0 Å². The first kappa shape index (κ1) is 12.0. The highest BCUT2D eigenvalue weighted by Gasteiger charge is 2.24. The third kappa shape index (κ3) is 3.24. The van der Waals surface area contributed by atoms with Crippen LogP contribution >= 0.6 is 11.8 Å². The van der Waals surface area contributed by atoms with Gasteiger partial charge in [0.2, 0.25) is 0 Å². The van der Waals surface area contributed by atoms with Crippen molar-refractivity contribution in [3.63, 3.8) is 0 Å². The molecule has 88 valence electrons. The van der Waals surface area contributed by atoms with Crippen LogP contribution < -0.4 is 5.32 Å². The highest BCUT2D eigenvalue weighted by Crippen LogP contribution is 2.25. The second-order valence-electron chi connectivity index (χ2n) is 4.18. The van der Waals surface area contributed by atoms with E-state index in [9.17, 15) is 5.11 Å². The highest BCUT2D eigenvalue weighted by molar-refractivity contribution is 7.99. The number of hydrogen-bond donors (Lipinski definition) is 2. The summed E-state index contributed by atoms with van der Waals surface area (Å²) in [6.45, 7) is 2.33. The Labute approximate surface area is 101 Å². The van der Waals surface area contributed by atoms with Crippen LogP contribution in [0, 0.1) is 0 Å². The second-order valence-corrected chi connectivity index (χ2v) is 5.52. The standard InChI is InChI=1S/C13H19NOS/c1-2-16-12-7-3-10(4-8-12)13(9-15)14-11-5-6-11/h3-4,7-8,11,13-15H,2,5-6,9H2,1H3. The van der Waals surface area contributed by atoms with Crippen molar-refractivity contribution in [3.8, 4) is 0 Å². The predicted molar refractivity (Wildman–Crippen MR) is 68.8 cm³/mol. The van der Waals surface area contributed by atoms with Gasteiger partial charge in [0.25, 0.3) is 0 Å². The lowest BCUT2D eigenvalue weighted by molar-refractivity contribution is 0.243. The number of aliphatic hydroxyl groups excluding tert-OH is 1. The lowest BCUT2D eigenvalue weighted by Gasteiger charge is -2.16. The van der Waals surface area contributed by atoms with Gasteiger partial charge in [0.1, 0.15) is 0 Å². The van der Waals surface area contributed by atoms with Crippen LogP contribution in [0.25, 0.3) is 0 Å². The van der Waals surface area contributed by atoms with Crippen molar-refractivity contribution in [2.75, 3.05) is 12.4 Å². The zero-order chi connectivity index (χ0) is 11.4. The van der Waals surface area contributed by atoms with Gasteiger partial charge in [0, 0.05) is 10.9 Å². The van der Waals surface area contributed by atoms with Crippen molar-refractivity contribution in [3.05, 3.63) is 29.8 Å². The number of aliphatic hydroxyl groups is 1. The van der Waals surface area contributed by atoms with Crippen molar-refractivity contribution in [1.82, 2.24) is 5.32 Å². The molecular formula is C13H19NOS. The SMILES string of the molecule is CCSc1ccc(C(CO)NC2CC2)cc1. The summed E-state index contributed by atoms with van der Waals surface area (Å²) in [4.78, 5) is 1.30. The smallest absolute Gasteiger partial charge is 0.0626 e. The fourth-order valence-corrected chi connectivity index (χ4v) is 2.41. The number of rotatable bonds is 6. The van der Waals surface area contributed by atoms with Crippen molar-refractivity contribution < 1.29 is 5.11 Å². The second kappa shape index (κ2) is 5.71. The van der Waals surface area contributed by atoms with E-state index in [1.165, 1.54) is 23.3 Å². The number of thioether (sulfide) groups is 1. The molecule has 0 saturated heterocycles. The Morgan fingerprint density at radius 2 is 2.06 bits per heavy atom. The van der Waals surface area contributed by atoms with Crippen LogP contribution in [-0.2, 0) is 0 Å². The molecule has 1 unspecified atom stereocenters. The minimum absolute atomic E-state index is 0.105. The Hall–Kier alpha value is -0.510. The van der Waals surface area contributed by atoms with Crippen LogP contribution in [-0.4, -0.2) is 23.5 Å². The van der Waals surface area contributed by atoms with Crippen molar-refractivity contribution in [2.24, 2.45) is 0 Å². The van der Waals surface area contributed by atoms with Crippen molar-refractivity contribution in [1.29, 1.82) is 0 Å². The van der Waals surface area contributed by atoms with E-state index >= 15 is 0 Å². The van der Waals surface area contributed by atoms with Gasteiger partial charge in [-0.2, -0.15) is 0 Å². The van der Waals surface area contributed by atoms with Gasteiger partial charge in [0.05, 0.1) is 12.6 Å². The maximum atomic E-state index is 9.36. The average Bonchev–Trinajstić information content (AvgIpc) is 3.11. The largest absolute Gasteiger partial charge is 0.394 e. The lowest BCUT2D eigenvalue weighted by Crippen LogP contribution is -2.26. The van der Waals surface area contributed by atoms with E-state index in [0.29, 0.717) is 6.04 Å². The summed E-state index contributed by atoms with van der Waals surface area (Å²) in [5.41, 5.74) is 1.19. The molecule has 1 aliphatic carbocycles. The molecule has 2 N–H and O–H groups in total. The zero-order valence-corrected chi connectivity index (χ0v) is 10.5. The molecule has 1 aromatic carbocycles. The van der Waals surface area contributed by atoms with Gasteiger partial charge in [-0.3, -0.25) is 0 Å². The predicted octanol–water partition coefficient (Wildman–Crippen LogP) is 2.58. The highest BCUT2D eigenvalue weighted by atomic mass is 32.2. The van der Waals surface area contributed by atoms with Gasteiger partial charge in [-0.05, 0) is 36.3 Å². The molecule has 0 aliphatic heterocycles. The first-order valence-electron chi connectivity index (χ1n) is 5.93. The summed E-state index contributed by atoms with van der Waals surface area (Å²) >= 11 is 1.85. The van der Waals surface area contributed by atoms with Crippen LogP contribution in [0.15, 0.2) is 29.2 Å². The normalized spacial score (nSPS) is 17.4. The van der Waals surface area contributed by atoms with Gasteiger partial charge in [-0.15, -0.1) is 11.8 Å². The molecule has 3 heteroatoms. The van der Waals surface area contributed by atoms with E-state index in [4.69, 9.17) is 0 Å². The molecular weight excluding hydrogens is 218 g/mol. The molecule has 0 heterocycles. The summed E-state index contributed by atoms with van der Waals surface area (Å²) in [6, 6.07) is 9.25. The topological polar surface area (TPSA) is 32.3 Å². The third-order valence-corrected chi connectivity index (χ3v) is 3.68. The molecule has 0 aromatic heterocycles. The quantitative estimate of drug-likeness (QED) is 0.746. The number of benzene rings is 1. The molecule has 1 aromatic rings. The third-order valence-electron chi connectivity index (χ3n) is 2.79. The van der Waals surface area contributed by atoms with Crippen LogP contribution in [0.2, 0.25) is 0 Å². The molecule has 0 spiro atoms. The van der Waals surface area contributed by atoms with E-state index in [-0.39, 0.29) is 12.6 Å². The van der Waals surface area contributed by atoms with E-state index in [2.05, 4.69) is 36.5 Å². The summed E-state index contributed by atoms with van der Waals surface area (Å²) in [5, 5.41) is 12.8. The van der Waals surface area contributed by atoms with Crippen molar-refractivity contribution >= 4 is 11.8 Å². The molecule has 16 heavy (non-hydrogen) atoms. The van der Waals surface area contributed by atoms with Gasteiger partial charge < -0.3 is 10.4 Å². The van der Waals surface area contributed by atoms with E-state index in [1.807, 2.05) is 11.8 Å². The van der Waals surface area contributed by atoms with E-state index in [1.54, 1.807) is 0 Å². The fourth-order valence-electron chi connectivity index (χ4n) is 1.75. The van der Waals surface area contributed by atoms with Crippen LogP contribution in [0.3, 0.4) is 0 Å². The lowest BCUT2D eigenvalue weighted by atomic mass is 10.1. The molecule has 1 saturated carbocycles. The first-order valence-corrected chi connectivity index (χ1v) is 6.91. The maximum absolute atomic E-state index is 9.36. The Kier molecular flexibility index (Phi) is 4.27. The zero-order valence-electron chi connectivity index (χ0n) is 9.65. The maximum Gasteiger partial charge on any atom is 0.0626 e. The Morgan fingerprint density at radius 3 is 2.56 bits per heavy atom. The van der Waals surface area contributed by atoms with Gasteiger partial charge in [-0.1, -0.05) is 19.1 Å².